The zero-order valence-electron chi connectivity index (χ0n) is 7.47. The molecule has 0 aromatic heterocycles. The average Bonchev–Trinajstić information content (AvgIpc) is 2.11. The zero-order valence-corrected chi connectivity index (χ0v) is 7.47. The molecule has 0 bridgehead atoms. The van der Waals surface area contributed by atoms with Crippen LogP contribution in [0.2, 0.25) is 0 Å². The van der Waals surface area contributed by atoms with Gasteiger partial charge in [-0.05, 0) is 24.1 Å². The number of carbonyl (C=O) groups excluding carboxylic acids is 1. The van der Waals surface area contributed by atoms with Crippen molar-refractivity contribution in [3.05, 3.63) is 23.8 Å². The summed E-state index contributed by atoms with van der Waals surface area (Å²) >= 11 is 0. The number of carbonyl (C=O) groups is 1. The third-order valence-corrected chi connectivity index (χ3v) is 1.86. The molecule has 1 aromatic rings. The van der Waals surface area contributed by atoms with E-state index in [9.17, 15) is 4.79 Å². The predicted octanol–water partition coefficient (Wildman–Crippen LogP) is -0.547. The van der Waals surface area contributed by atoms with Gasteiger partial charge < -0.3 is 21.7 Å². The molecule has 5 nitrogen and oxygen atoms in total. The number of hydrogen-bond donors (Lipinski definition) is 4. The maximum atomic E-state index is 10.6. The van der Waals surface area contributed by atoms with E-state index in [2.05, 4.69) is 0 Å². The molecule has 0 saturated carbocycles. The molecule has 1 aromatic carbocycles. The molecule has 76 valence electrons. The van der Waals surface area contributed by atoms with E-state index < -0.39 is 11.9 Å². The average molecular weight is 196 g/mol. The van der Waals surface area contributed by atoms with Crippen LogP contribution in [0.3, 0.4) is 0 Å². The van der Waals surface area contributed by atoms with Gasteiger partial charge in [-0.3, -0.25) is 4.79 Å². The number of amides is 1. The van der Waals surface area contributed by atoms with Crippen LogP contribution in [-0.4, -0.2) is 22.2 Å². The van der Waals surface area contributed by atoms with Crippen molar-refractivity contribution >= 4 is 5.91 Å². The van der Waals surface area contributed by atoms with Crippen LogP contribution < -0.4 is 11.5 Å². The fourth-order valence-corrected chi connectivity index (χ4v) is 1.05. The molecular weight excluding hydrogens is 184 g/mol. The van der Waals surface area contributed by atoms with E-state index in [0.717, 1.165) is 0 Å². The Morgan fingerprint density at radius 2 is 2.00 bits per heavy atom. The molecule has 0 aliphatic rings. The zero-order chi connectivity index (χ0) is 10.7. The van der Waals surface area contributed by atoms with Crippen LogP contribution in [0, 0.1) is 0 Å². The van der Waals surface area contributed by atoms with Crippen LogP contribution in [0.1, 0.15) is 5.56 Å². The number of benzene rings is 1. The van der Waals surface area contributed by atoms with E-state index in [-0.39, 0.29) is 17.9 Å². The van der Waals surface area contributed by atoms with E-state index in [0.29, 0.717) is 5.56 Å². The van der Waals surface area contributed by atoms with Crippen molar-refractivity contribution in [3.63, 3.8) is 0 Å². The number of rotatable bonds is 3. The van der Waals surface area contributed by atoms with Crippen molar-refractivity contribution in [1.29, 1.82) is 0 Å². The number of nitrogens with two attached hydrogens (primary N) is 2. The van der Waals surface area contributed by atoms with Crippen LogP contribution >= 0.6 is 0 Å². The normalized spacial score (nSPS) is 12.4. The third kappa shape index (κ3) is 2.37. The molecule has 0 radical (unpaired) electrons. The Hall–Kier alpha value is -1.75. The van der Waals surface area contributed by atoms with Gasteiger partial charge in [-0.15, -0.1) is 0 Å². The number of aromatic hydroxyl groups is 2. The Labute approximate surface area is 81.0 Å². The smallest absolute Gasteiger partial charge is 0.234 e. The Morgan fingerprint density at radius 3 is 2.50 bits per heavy atom. The Morgan fingerprint density at radius 1 is 1.36 bits per heavy atom. The van der Waals surface area contributed by atoms with E-state index >= 15 is 0 Å². The summed E-state index contributed by atoms with van der Waals surface area (Å²) in [7, 11) is 0. The van der Waals surface area contributed by atoms with Gasteiger partial charge in [0.25, 0.3) is 0 Å². The van der Waals surface area contributed by atoms with Crippen molar-refractivity contribution in [3.8, 4) is 11.5 Å². The first kappa shape index (κ1) is 10.3. The summed E-state index contributed by atoms with van der Waals surface area (Å²) in [5.41, 5.74) is 11.0. The number of phenols is 2. The maximum absolute atomic E-state index is 10.6. The van der Waals surface area contributed by atoms with Gasteiger partial charge in [0.2, 0.25) is 5.91 Å². The van der Waals surface area contributed by atoms with Crippen molar-refractivity contribution in [1.82, 2.24) is 0 Å². The summed E-state index contributed by atoms with van der Waals surface area (Å²) in [6.45, 7) is 0. The highest BCUT2D eigenvalue weighted by Gasteiger charge is 2.10. The highest BCUT2D eigenvalue weighted by atomic mass is 16.3. The van der Waals surface area contributed by atoms with Crippen LogP contribution in [-0.2, 0) is 11.2 Å². The van der Waals surface area contributed by atoms with Gasteiger partial charge in [-0.25, -0.2) is 0 Å². The van der Waals surface area contributed by atoms with Crippen molar-refractivity contribution in [2.75, 3.05) is 0 Å². The quantitative estimate of drug-likeness (QED) is 0.486. The molecule has 6 N–H and O–H groups in total. The third-order valence-electron chi connectivity index (χ3n) is 1.86. The number of primary amides is 1. The fraction of sp³-hybridized carbons (Fsp3) is 0.222. The minimum absolute atomic E-state index is 0.207. The summed E-state index contributed by atoms with van der Waals surface area (Å²) in [4.78, 5) is 10.6. The molecule has 5 heteroatoms. The Kier molecular flexibility index (Phi) is 2.93. The van der Waals surface area contributed by atoms with Gasteiger partial charge >= 0.3 is 0 Å². The van der Waals surface area contributed by atoms with Crippen molar-refractivity contribution in [2.45, 2.75) is 12.5 Å². The topological polar surface area (TPSA) is 110 Å². The van der Waals surface area contributed by atoms with Crippen molar-refractivity contribution < 1.29 is 15.0 Å². The van der Waals surface area contributed by atoms with Crippen LogP contribution in [0.5, 0.6) is 11.5 Å². The van der Waals surface area contributed by atoms with Gasteiger partial charge in [-0.1, -0.05) is 6.07 Å². The standard InChI is InChI=1S/C9H12N2O3/c10-6(9(11)14)3-5-1-2-7(12)8(13)4-5/h1-2,4,6,12-13H,3,10H2,(H2,11,14)/t6-/m1/s1. The molecule has 0 saturated heterocycles. The highest BCUT2D eigenvalue weighted by Crippen LogP contribution is 2.25. The Bertz CT molecular complexity index is 352. The molecule has 0 spiro atoms. The second kappa shape index (κ2) is 3.97. The van der Waals surface area contributed by atoms with Gasteiger partial charge in [0.05, 0.1) is 6.04 Å². The van der Waals surface area contributed by atoms with Gasteiger partial charge in [-0.2, -0.15) is 0 Å². The van der Waals surface area contributed by atoms with Gasteiger partial charge in [0.1, 0.15) is 0 Å². The second-order valence-electron chi connectivity index (χ2n) is 3.04. The first-order valence-electron chi connectivity index (χ1n) is 4.06. The number of hydrogen-bond acceptors (Lipinski definition) is 4. The van der Waals surface area contributed by atoms with E-state index in [1.807, 2.05) is 0 Å². The summed E-state index contributed by atoms with van der Waals surface area (Å²) in [6.07, 6.45) is 0.239. The summed E-state index contributed by atoms with van der Waals surface area (Å²) < 4.78 is 0. The lowest BCUT2D eigenvalue weighted by atomic mass is 10.1. The van der Waals surface area contributed by atoms with Crippen LogP contribution in [0.4, 0.5) is 0 Å². The minimum Gasteiger partial charge on any atom is -0.504 e. The number of phenolic OH excluding ortho intramolecular Hbond substituents is 2. The van der Waals surface area contributed by atoms with Gasteiger partial charge in [0.15, 0.2) is 11.5 Å². The largest absolute Gasteiger partial charge is 0.504 e. The minimum atomic E-state index is -0.779. The summed E-state index contributed by atoms with van der Waals surface area (Å²) in [5, 5.41) is 18.2. The summed E-state index contributed by atoms with van der Waals surface area (Å²) in [6, 6.07) is 3.47. The molecule has 0 aliphatic carbocycles. The molecule has 0 heterocycles. The molecule has 1 amide bonds. The molecule has 0 unspecified atom stereocenters. The predicted molar refractivity (Wildman–Crippen MR) is 50.6 cm³/mol. The van der Waals surface area contributed by atoms with E-state index in [1.165, 1.54) is 12.1 Å². The molecule has 0 fully saturated rings. The second-order valence-corrected chi connectivity index (χ2v) is 3.04. The van der Waals surface area contributed by atoms with Crippen molar-refractivity contribution in [2.24, 2.45) is 11.5 Å². The van der Waals surface area contributed by atoms with E-state index in [4.69, 9.17) is 21.7 Å². The molecule has 0 aliphatic heterocycles. The molecular formula is C9H12N2O3. The first-order valence-corrected chi connectivity index (χ1v) is 4.06. The highest BCUT2D eigenvalue weighted by molar-refractivity contribution is 5.79. The van der Waals surface area contributed by atoms with Crippen LogP contribution in [0.25, 0.3) is 0 Å². The molecule has 1 atom stereocenters. The lowest BCUT2D eigenvalue weighted by Gasteiger charge is -2.07. The molecule has 1 rings (SSSR count). The Balaban J connectivity index is 2.78. The lowest BCUT2D eigenvalue weighted by Crippen LogP contribution is -2.38. The SMILES string of the molecule is NC(=O)[C@H](N)Cc1ccc(O)c(O)c1. The summed E-state index contributed by atoms with van der Waals surface area (Å²) in [5.74, 6) is -1.04. The van der Waals surface area contributed by atoms with Gasteiger partial charge in [0, 0.05) is 0 Å². The monoisotopic (exact) mass is 196 g/mol. The molecule has 14 heavy (non-hydrogen) atoms. The maximum Gasteiger partial charge on any atom is 0.234 e. The van der Waals surface area contributed by atoms with E-state index in [1.54, 1.807) is 6.07 Å². The first-order chi connectivity index (χ1) is 6.50. The fourth-order valence-electron chi connectivity index (χ4n) is 1.05. The van der Waals surface area contributed by atoms with Crippen LogP contribution in [0.15, 0.2) is 18.2 Å². The lowest BCUT2D eigenvalue weighted by molar-refractivity contribution is -0.119.